The van der Waals surface area contributed by atoms with Gasteiger partial charge in [0.1, 0.15) is 12.2 Å². The van der Waals surface area contributed by atoms with Crippen LogP contribution >= 0.6 is 0 Å². The molecule has 1 aromatic heterocycles. The van der Waals surface area contributed by atoms with Crippen molar-refractivity contribution in [1.29, 1.82) is 5.26 Å². The van der Waals surface area contributed by atoms with Gasteiger partial charge in [-0.1, -0.05) is 66.8 Å². The van der Waals surface area contributed by atoms with E-state index in [0.717, 1.165) is 33.3 Å². The van der Waals surface area contributed by atoms with Gasteiger partial charge in [-0.05, 0) is 25.7 Å². The molecule has 6 nitrogen and oxygen atoms in total. The van der Waals surface area contributed by atoms with Crippen LogP contribution in [0, 0.1) is 11.3 Å². The number of nitrogens with one attached hydrogen (secondary N) is 1. The van der Waals surface area contributed by atoms with Crippen molar-refractivity contribution >= 4 is 16.8 Å². The van der Waals surface area contributed by atoms with Crippen molar-refractivity contribution in [3.05, 3.63) is 89.5 Å². The molecule has 1 N–H and O–H groups in total. The van der Waals surface area contributed by atoms with Gasteiger partial charge in [-0.15, -0.1) is 0 Å². The maximum absolute atomic E-state index is 13.9. The number of nitrogens with zero attached hydrogens (tertiary/aromatic N) is 3. The third kappa shape index (κ3) is 4.24. The molecule has 0 bridgehead atoms. The molecule has 1 amide bonds. The lowest BCUT2D eigenvalue weighted by atomic mass is 9.93. The van der Waals surface area contributed by atoms with Gasteiger partial charge < -0.3 is 15.0 Å². The molecular weight excluding hydrogens is 424 g/mol. The number of epoxide rings is 1. The number of carbonyl (C=O) groups is 1. The number of aromatic nitrogens is 1. The zero-order valence-corrected chi connectivity index (χ0v) is 19.2. The largest absolute Gasteiger partial charge is 0.360 e. The molecule has 0 spiro atoms. The number of amides is 1. The Kier molecular flexibility index (Phi) is 5.97. The number of benzene rings is 2. The minimum Gasteiger partial charge on any atom is -0.360 e. The third-order valence-corrected chi connectivity index (χ3v) is 6.19. The number of pyridine rings is 1. The molecule has 5 rings (SSSR count). The Balaban J connectivity index is 1.63. The molecule has 34 heavy (non-hydrogen) atoms. The van der Waals surface area contributed by atoms with Gasteiger partial charge in [0, 0.05) is 23.1 Å². The molecule has 3 atom stereocenters. The highest BCUT2D eigenvalue weighted by Crippen LogP contribution is 2.36. The van der Waals surface area contributed by atoms with Crippen molar-refractivity contribution in [2.45, 2.75) is 31.2 Å². The summed E-state index contributed by atoms with van der Waals surface area (Å²) < 4.78 is 5.70. The van der Waals surface area contributed by atoms with E-state index in [1.165, 1.54) is 0 Å². The van der Waals surface area contributed by atoms with E-state index in [0.29, 0.717) is 12.1 Å². The summed E-state index contributed by atoms with van der Waals surface area (Å²) >= 11 is 0. The summed E-state index contributed by atoms with van der Waals surface area (Å²) in [7, 11) is 3.96. The highest BCUT2D eigenvalue weighted by molar-refractivity contribution is 6.09. The van der Waals surface area contributed by atoms with Crippen molar-refractivity contribution in [2.75, 3.05) is 14.1 Å². The van der Waals surface area contributed by atoms with Crippen LogP contribution in [0.1, 0.15) is 22.3 Å². The van der Waals surface area contributed by atoms with Crippen LogP contribution < -0.4 is 5.32 Å². The first-order valence-corrected chi connectivity index (χ1v) is 11.4. The number of rotatable bonds is 7. The van der Waals surface area contributed by atoms with Crippen LogP contribution in [0.25, 0.3) is 22.2 Å². The number of ether oxygens (including phenoxy) is 1. The lowest BCUT2D eigenvalue weighted by molar-refractivity contribution is 0.0942. The number of nitriles is 1. The van der Waals surface area contributed by atoms with Crippen LogP contribution in [0.5, 0.6) is 0 Å². The van der Waals surface area contributed by atoms with E-state index in [1.54, 1.807) is 0 Å². The topological polar surface area (TPSA) is 81.6 Å². The van der Waals surface area contributed by atoms with E-state index in [1.807, 2.05) is 91.8 Å². The fraction of sp³-hybridized carbons (Fsp3) is 0.250. The highest BCUT2D eigenvalue weighted by atomic mass is 16.6. The van der Waals surface area contributed by atoms with Gasteiger partial charge in [-0.2, -0.15) is 5.26 Å². The number of allylic oxidation sites excluding steroid dienone is 2. The fourth-order valence-corrected chi connectivity index (χ4v) is 4.61. The van der Waals surface area contributed by atoms with E-state index < -0.39 is 6.04 Å². The van der Waals surface area contributed by atoms with Crippen LogP contribution in [0.2, 0.25) is 0 Å². The molecule has 1 fully saturated rings. The Morgan fingerprint density at radius 3 is 2.71 bits per heavy atom. The number of carbonyl (C=O) groups excluding carboxylic acids is 1. The van der Waals surface area contributed by atoms with Crippen LogP contribution in [0.3, 0.4) is 0 Å². The second-order valence-electron chi connectivity index (χ2n) is 8.90. The van der Waals surface area contributed by atoms with Crippen LogP contribution in [0.15, 0.2) is 78.4 Å². The van der Waals surface area contributed by atoms with E-state index >= 15 is 0 Å². The molecule has 1 aliphatic carbocycles. The molecule has 1 saturated heterocycles. The highest BCUT2D eigenvalue weighted by Gasteiger charge is 2.44. The van der Waals surface area contributed by atoms with Gasteiger partial charge in [-0.25, -0.2) is 4.98 Å². The number of fused-ring (bicyclic) bond motifs is 2. The number of hydrogen-bond acceptors (Lipinski definition) is 5. The second kappa shape index (κ2) is 9.22. The van der Waals surface area contributed by atoms with Crippen molar-refractivity contribution in [3.8, 4) is 17.3 Å². The first kappa shape index (κ1) is 22.0. The molecule has 2 aliphatic rings. The molecule has 6 heteroatoms. The minimum absolute atomic E-state index is 0.0498. The average Bonchev–Trinajstić information content (AvgIpc) is 3.63. The zero-order chi connectivity index (χ0) is 23.7. The summed E-state index contributed by atoms with van der Waals surface area (Å²) in [6.07, 6.45) is 6.06. The predicted molar refractivity (Wildman–Crippen MR) is 132 cm³/mol. The standard InChI is InChI=1S/C28H26N4O2/c1-32(2)17-21-25(28(33)31-23(15-16-29)20-12-8-14-24-27(20)34-24)19-11-6-7-13-22(19)30-26(21)18-9-4-3-5-10-18/h3-14,23-24,27H,15,17H2,1-2H3,(H,31,33)/t23-,24?,27?/m0/s1. The average molecular weight is 451 g/mol. The van der Waals surface area contributed by atoms with Crippen LogP contribution in [-0.2, 0) is 11.3 Å². The molecule has 3 aromatic rings. The lowest BCUT2D eigenvalue weighted by Crippen LogP contribution is -2.39. The molecule has 170 valence electrons. The van der Waals surface area contributed by atoms with Crippen molar-refractivity contribution in [2.24, 2.45) is 0 Å². The van der Waals surface area contributed by atoms with E-state index in [-0.39, 0.29) is 24.5 Å². The molecule has 0 saturated carbocycles. The van der Waals surface area contributed by atoms with Crippen molar-refractivity contribution in [3.63, 3.8) is 0 Å². The summed E-state index contributed by atoms with van der Waals surface area (Å²) in [5.74, 6) is -0.208. The SMILES string of the molecule is CN(C)Cc1c(-c2ccccc2)nc2ccccc2c1C(=O)N[C@@H](CC#N)C1=CC=CC2OC12. The van der Waals surface area contributed by atoms with E-state index in [9.17, 15) is 10.1 Å². The predicted octanol–water partition coefficient (Wildman–Crippen LogP) is 4.24. The minimum atomic E-state index is -0.420. The normalized spacial score (nSPS) is 19.3. The van der Waals surface area contributed by atoms with Gasteiger partial charge in [0.2, 0.25) is 0 Å². The molecule has 2 aromatic carbocycles. The van der Waals surface area contributed by atoms with Gasteiger partial charge >= 0.3 is 0 Å². The summed E-state index contributed by atoms with van der Waals surface area (Å²) in [4.78, 5) is 20.9. The Bertz CT molecular complexity index is 1340. The van der Waals surface area contributed by atoms with Gasteiger partial charge in [0.05, 0.1) is 35.3 Å². The van der Waals surface area contributed by atoms with Crippen molar-refractivity contribution < 1.29 is 9.53 Å². The molecule has 0 radical (unpaired) electrons. The molecule has 2 unspecified atom stereocenters. The van der Waals surface area contributed by atoms with Crippen molar-refractivity contribution in [1.82, 2.24) is 15.2 Å². The zero-order valence-electron chi connectivity index (χ0n) is 19.2. The van der Waals surface area contributed by atoms with Crippen LogP contribution in [-0.4, -0.2) is 48.1 Å². The molecule has 1 aliphatic heterocycles. The lowest BCUT2D eigenvalue weighted by Gasteiger charge is -2.23. The number of hydrogen-bond donors (Lipinski definition) is 1. The fourth-order valence-electron chi connectivity index (χ4n) is 4.61. The summed E-state index contributed by atoms with van der Waals surface area (Å²) in [5, 5.41) is 13.4. The van der Waals surface area contributed by atoms with Gasteiger partial charge in [0.25, 0.3) is 5.91 Å². The first-order chi connectivity index (χ1) is 16.6. The second-order valence-corrected chi connectivity index (χ2v) is 8.90. The maximum Gasteiger partial charge on any atom is 0.252 e. The summed E-state index contributed by atoms with van der Waals surface area (Å²) in [6.45, 7) is 0.549. The third-order valence-electron chi connectivity index (χ3n) is 6.19. The Hall–Kier alpha value is -3.79. The maximum atomic E-state index is 13.9. The Labute approximate surface area is 199 Å². The monoisotopic (exact) mass is 450 g/mol. The van der Waals surface area contributed by atoms with E-state index in [2.05, 4.69) is 11.4 Å². The Morgan fingerprint density at radius 2 is 1.94 bits per heavy atom. The van der Waals surface area contributed by atoms with Gasteiger partial charge in [0.15, 0.2) is 0 Å². The Morgan fingerprint density at radius 1 is 1.18 bits per heavy atom. The first-order valence-electron chi connectivity index (χ1n) is 11.4. The van der Waals surface area contributed by atoms with Crippen LogP contribution in [0.4, 0.5) is 0 Å². The summed E-state index contributed by atoms with van der Waals surface area (Å²) in [6, 6.07) is 19.5. The van der Waals surface area contributed by atoms with Gasteiger partial charge in [-0.3, -0.25) is 4.79 Å². The molecule has 2 heterocycles. The number of para-hydroxylation sites is 1. The quantitative estimate of drug-likeness (QED) is 0.545. The smallest absolute Gasteiger partial charge is 0.252 e. The summed E-state index contributed by atoms with van der Waals surface area (Å²) in [5.41, 5.74) is 4.92. The van der Waals surface area contributed by atoms with E-state index in [4.69, 9.17) is 9.72 Å². The molecular formula is C28H26N4O2.